The molecule has 64 valence electrons. The van der Waals surface area contributed by atoms with Crippen LogP contribution < -0.4 is 12.3 Å². The molecule has 0 fully saturated rings. The minimum Gasteiger partial charge on any atom is -0.480 e. The lowest BCUT2D eigenvalue weighted by molar-refractivity contribution is -0.141. The fourth-order valence-electron chi connectivity index (χ4n) is 0.221. The minimum atomic E-state index is -0.782. The van der Waals surface area contributed by atoms with Crippen molar-refractivity contribution < 1.29 is 9.90 Å². The van der Waals surface area contributed by atoms with E-state index in [0.29, 0.717) is 0 Å². The van der Waals surface area contributed by atoms with Gasteiger partial charge in [-0.05, 0) is 21.0 Å². The molecular formula is C5H17N3O2. The van der Waals surface area contributed by atoms with E-state index < -0.39 is 5.97 Å². The van der Waals surface area contributed by atoms with E-state index in [1.54, 1.807) is 25.9 Å². The summed E-state index contributed by atoms with van der Waals surface area (Å²) < 4.78 is 0. The average molecular weight is 151 g/mol. The van der Waals surface area contributed by atoms with Gasteiger partial charge in [0, 0.05) is 0 Å². The SMILES string of the molecule is CC(C(=O)O)N(C)C.N.N. The van der Waals surface area contributed by atoms with E-state index in [1.807, 2.05) is 0 Å². The molecule has 10 heavy (non-hydrogen) atoms. The molecule has 0 saturated carbocycles. The van der Waals surface area contributed by atoms with Crippen molar-refractivity contribution in [2.75, 3.05) is 14.1 Å². The van der Waals surface area contributed by atoms with Crippen molar-refractivity contribution in [3.05, 3.63) is 0 Å². The molecule has 0 aliphatic heterocycles. The third-order valence-electron chi connectivity index (χ3n) is 1.13. The van der Waals surface area contributed by atoms with Gasteiger partial charge in [0.1, 0.15) is 6.04 Å². The maximum atomic E-state index is 10.1. The van der Waals surface area contributed by atoms with Crippen LogP contribution >= 0.6 is 0 Å². The number of carboxylic acids is 1. The fraction of sp³-hybridized carbons (Fsp3) is 0.800. The van der Waals surface area contributed by atoms with Gasteiger partial charge in [-0.1, -0.05) is 0 Å². The Labute approximate surface area is 61.2 Å². The smallest absolute Gasteiger partial charge is 0.320 e. The zero-order valence-corrected chi connectivity index (χ0v) is 6.79. The van der Waals surface area contributed by atoms with Crippen LogP contribution in [-0.2, 0) is 4.79 Å². The average Bonchev–Trinajstić information content (AvgIpc) is 1.64. The molecular weight excluding hydrogens is 134 g/mol. The highest BCUT2D eigenvalue weighted by atomic mass is 16.4. The molecule has 0 saturated heterocycles. The Morgan fingerprint density at radius 1 is 1.40 bits per heavy atom. The number of likely N-dealkylation sites (N-methyl/N-ethyl adjacent to an activating group) is 1. The normalized spacial score (nSPS) is 11.2. The molecule has 0 amide bonds. The van der Waals surface area contributed by atoms with Crippen LogP contribution in [0.2, 0.25) is 0 Å². The predicted molar refractivity (Wildman–Crippen MR) is 40.8 cm³/mol. The summed E-state index contributed by atoms with van der Waals surface area (Å²) in [4.78, 5) is 11.7. The van der Waals surface area contributed by atoms with E-state index in [1.165, 1.54) is 0 Å². The van der Waals surface area contributed by atoms with Gasteiger partial charge in [-0.15, -0.1) is 0 Å². The van der Waals surface area contributed by atoms with Crippen LogP contribution in [-0.4, -0.2) is 36.1 Å². The molecule has 0 aromatic heterocycles. The molecule has 7 N–H and O–H groups in total. The van der Waals surface area contributed by atoms with Crippen molar-refractivity contribution in [2.45, 2.75) is 13.0 Å². The van der Waals surface area contributed by atoms with Crippen LogP contribution in [0.3, 0.4) is 0 Å². The highest BCUT2D eigenvalue weighted by Crippen LogP contribution is 1.88. The second kappa shape index (κ2) is 6.47. The van der Waals surface area contributed by atoms with E-state index in [0.717, 1.165) is 0 Å². The minimum absolute atomic E-state index is 0. The van der Waals surface area contributed by atoms with Gasteiger partial charge in [0.05, 0.1) is 0 Å². The Morgan fingerprint density at radius 3 is 1.70 bits per heavy atom. The molecule has 0 spiro atoms. The van der Waals surface area contributed by atoms with Crippen LogP contribution in [0, 0.1) is 0 Å². The first kappa shape index (κ1) is 16.2. The number of aliphatic carboxylic acids is 1. The van der Waals surface area contributed by atoms with Crippen LogP contribution in [0.1, 0.15) is 6.92 Å². The van der Waals surface area contributed by atoms with Crippen LogP contribution in [0.5, 0.6) is 0 Å². The van der Waals surface area contributed by atoms with Crippen LogP contribution in [0.25, 0.3) is 0 Å². The van der Waals surface area contributed by atoms with Crippen LogP contribution in [0.15, 0.2) is 0 Å². The Morgan fingerprint density at radius 2 is 1.70 bits per heavy atom. The second-order valence-electron chi connectivity index (χ2n) is 1.98. The maximum Gasteiger partial charge on any atom is 0.320 e. The molecule has 0 aliphatic carbocycles. The van der Waals surface area contributed by atoms with E-state index in [2.05, 4.69) is 0 Å². The largest absolute Gasteiger partial charge is 0.480 e. The van der Waals surface area contributed by atoms with Crippen molar-refractivity contribution >= 4 is 5.97 Å². The Kier molecular flexibility index (Phi) is 10.5. The first-order chi connectivity index (χ1) is 3.55. The van der Waals surface area contributed by atoms with E-state index >= 15 is 0 Å². The van der Waals surface area contributed by atoms with Gasteiger partial charge in [0.2, 0.25) is 0 Å². The maximum absolute atomic E-state index is 10.1. The molecule has 0 aliphatic rings. The summed E-state index contributed by atoms with van der Waals surface area (Å²) in [5.41, 5.74) is 0. The molecule has 5 heteroatoms. The Bertz CT molecular complexity index is 94.9. The summed E-state index contributed by atoms with van der Waals surface area (Å²) in [5.74, 6) is -0.782. The summed E-state index contributed by atoms with van der Waals surface area (Å²) in [6.45, 7) is 1.64. The van der Waals surface area contributed by atoms with Crippen molar-refractivity contribution in [1.82, 2.24) is 17.2 Å². The number of rotatable bonds is 2. The molecule has 0 radical (unpaired) electrons. The molecule has 1 atom stereocenters. The quantitative estimate of drug-likeness (QED) is 0.527. The summed E-state index contributed by atoms with van der Waals surface area (Å²) in [6.07, 6.45) is 0. The van der Waals surface area contributed by atoms with Crippen molar-refractivity contribution in [2.24, 2.45) is 0 Å². The third kappa shape index (κ3) is 5.49. The van der Waals surface area contributed by atoms with Crippen LogP contribution in [0.4, 0.5) is 0 Å². The molecule has 0 aromatic rings. The zero-order chi connectivity index (χ0) is 6.73. The molecule has 0 aromatic carbocycles. The number of carboxylic acid groups (broad SMARTS) is 1. The lowest BCUT2D eigenvalue weighted by atomic mass is 10.3. The van der Waals surface area contributed by atoms with Gasteiger partial charge in [-0.25, -0.2) is 0 Å². The summed E-state index contributed by atoms with van der Waals surface area (Å²) in [5, 5.41) is 8.31. The number of hydrogen-bond acceptors (Lipinski definition) is 4. The van der Waals surface area contributed by atoms with E-state index in [9.17, 15) is 4.79 Å². The molecule has 0 rings (SSSR count). The van der Waals surface area contributed by atoms with Crippen molar-refractivity contribution in [3.8, 4) is 0 Å². The van der Waals surface area contributed by atoms with Crippen molar-refractivity contribution in [3.63, 3.8) is 0 Å². The van der Waals surface area contributed by atoms with E-state index in [4.69, 9.17) is 5.11 Å². The first-order valence-corrected chi connectivity index (χ1v) is 2.45. The highest BCUT2D eigenvalue weighted by Gasteiger charge is 2.11. The third-order valence-corrected chi connectivity index (χ3v) is 1.13. The van der Waals surface area contributed by atoms with Gasteiger partial charge in [-0.2, -0.15) is 0 Å². The number of carbonyl (C=O) groups is 1. The fourth-order valence-corrected chi connectivity index (χ4v) is 0.221. The topological polar surface area (TPSA) is 111 Å². The summed E-state index contributed by atoms with van der Waals surface area (Å²) in [7, 11) is 3.47. The van der Waals surface area contributed by atoms with E-state index in [-0.39, 0.29) is 18.3 Å². The van der Waals surface area contributed by atoms with Gasteiger partial charge >= 0.3 is 5.97 Å². The molecule has 5 nitrogen and oxygen atoms in total. The summed E-state index contributed by atoms with van der Waals surface area (Å²) >= 11 is 0. The van der Waals surface area contributed by atoms with Gasteiger partial charge < -0.3 is 17.4 Å². The molecule has 0 heterocycles. The predicted octanol–water partition coefficient (Wildman–Crippen LogP) is 0.345. The number of hydrogen-bond donors (Lipinski definition) is 3. The number of nitrogens with zero attached hydrogens (tertiary/aromatic N) is 1. The molecule has 1 unspecified atom stereocenters. The lowest BCUT2D eigenvalue weighted by Crippen LogP contribution is -2.32. The van der Waals surface area contributed by atoms with Gasteiger partial charge in [-0.3, -0.25) is 9.69 Å². The van der Waals surface area contributed by atoms with Crippen molar-refractivity contribution in [1.29, 1.82) is 0 Å². The van der Waals surface area contributed by atoms with Gasteiger partial charge in [0.25, 0.3) is 0 Å². The zero-order valence-electron chi connectivity index (χ0n) is 6.79. The first-order valence-electron chi connectivity index (χ1n) is 2.45. The second-order valence-corrected chi connectivity index (χ2v) is 1.98. The molecule has 0 bridgehead atoms. The van der Waals surface area contributed by atoms with Gasteiger partial charge in [0.15, 0.2) is 0 Å². The lowest BCUT2D eigenvalue weighted by Gasteiger charge is -2.13. The standard InChI is InChI=1S/C5H11NO2.2H3N/c1-4(5(7)8)6(2)3;;/h4H,1-3H3,(H,7,8);2*1H3. The monoisotopic (exact) mass is 151 g/mol. The highest BCUT2D eigenvalue weighted by molar-refractivity contribution is 5.72. The summed E-state index contributed by atoms with van der Waals surface area (Å²) in [6, 6.07) is -0.380. The Hall–Kier alpha value is -0.650. The Balaban J connectivity index is -0.000000245.